The molecule has 4 aromatic rings. The summed E-state index contributed by atoms with van der Waals surface area (Å²) in [7, 11) is 0. The van der Waals surface area contributed by atoms with Gasteiger partial charge in [0.15, 0.2) is 0 Å². The molecule has 0 fully saturated rings. The van der Waals surface area contributed by atoms with Gasteiger partial charge in [-0.3, -0.25) is 0 Å². The Balaban J connectivity index is 1.91. The van der Waals surface area contributed by atoms with Crippen molar-refractivity contribution >= 4 is 32.8 Å². The summed E-state index contributed by atoms with van der Waals surface area (Å²) >= 11 is 3.39. The van der Waals surface area contributed by atoms with E-state index in [0.717, 1.165) is 27.0 Å². The normalized spacial score (nSPS) is 11.1. The molecule has 2 aromatic carbocycles. The Kier molecular flexibility index (Phi) is 4.28. The van der Waals surface area contributed by atoms with Gasteiger partial charge < -0.3 is 5.11 Å². The first kappa shape index (κ1) is 17.4. The first-order valence-electron chi connectivity index (χ1n) is 8.39. The molecule has 0 atom stereocenters. The fourth-order valence-corrected chi connectivity index (χ4v) is 3.56. The third kappa shape index (κ3) is 3.13. The first-order chi connectivity index (χ1) is 12.9. The lowest BCUT2D eigenvalue weighted by Crippen LogP contribution is -2.01. The van der Waals surface area contributed by atoms with E-state index in [0.29, 0.717) is 16.6 Å². The summed E-state index contributed by atoms with van der Waals surface area (Å²) in [6.45, 7) is 3.99. The average molecular weight is 422 g/mol. The van der Waals surface area contributed by atoms with Gasteiger partial charge in [0.25, 0.3) is 0 Å². The standard InChI is InChI=1S/C21H16BrN3O2/c1-12-4-3-5-15(8-12)25-13(2)18(11-23-25)20-10-17(21(26)27)16-9-14(22)6-7-19(16)24-20/h3-11H,1-2H3,(H,26,27). The molecule has 0 saturated carbocycles. The summed E-state index contributed by atoms with van der Waals surface area (Å²) in [6.07, 6.45) is 1.73. The molecule has 0 unspecified atom stereocenters. The third-order valence-corrected chi connectivity index (χ3v) is 5.03. The summed E-state index contributed by atoms with van der Waals surface area (Å²) < 4.78 is 2.66. The van der Waals surface area contributed by atoms with Crippen LogP contribution in [0.3, 0.4) is 0 Å². The second-order valence-corrected chi connectivity index (χ2v) is 7.33. The number of benzene rings is 2. The number of hydrogen-bond acceptors (Lipinski definition) is 3. The van der Waals surface area contributed by atoms with E-state index in [1.807, 2.05) is 48.9 Å². The molecule has 0 aliphatic heterocycles. The van der Waals surface area contributed by atoms with Crippen LogP contribution in [0.15, 0.2) is 59.2 Å². The van der Waals surface area contributed by atoms with E-state index in [-0.39, 0.29) is 5.56 Å². The highest BCUT2D eigenvalue weighted by molar-refractivity contribution is 9.10. The Hall–Kier alpha value is -2.99. The zero-order valence-electron chi connectivity index (χ0n) is 14.8. The molecule has 0 amide bonds. The van der Waals surface area contributed by atoms with Crippen LogP contribution in [-0.2, 0) is 0 Å². The second kappa shape index (κ2) is 6.63. The van der Waals surface area contributed by atoms with Gasteiger partial charge in [-0.25, -0.2) is 14.5 Å². The molecule has 5 nitrogen and oxygen atoms in total. The van der Waals surface area contributed by atoms with Crippen LogP contribution in [0, 0.1) is 13.8 Å². The first-order valence-corrected chi connectivity index (χ1v) is 9.19. The molecule has 0 aliphatic rings. The molecule has 4 rings (SSSR count). The average Bonchev–Trinajstić information content (AvgIpc) is 3.02. The predicted octanol–water partition coefficient (Wildman–Crippen LogP) is 5.17. The molecule has 2 heterocycles. The van der Waals surface area contributed by atoms with Crippen molar-refractivity contribution in [2.75, 3.05) is 0 Å². The summed E-state index contributed by atoms with van der Waals surface area (Å²) in [5.74, 6) is -0.981. The monoisotopic (exact) mass is 421 g/mol. The molecule has 1 N–H and O–H groups in total. The topological polar surface area (TPSA) is 68.0 Å². The molecule has 0 radical (unpaired) electrons. The van der Waals surface area contributed by atoms with Gasteiger partial charge in [-0.2, -0.15) is 5.10 Å². The van der Waals surface area contributed by atoms with Gasteiger partial charge >= 0.3 is 5.97 Å². The molecular formula is C21H16BrN3O2. The van der Waals surface area contributed by atoms with Crippen LogP contribution < -0.4 is 0 Å². The largest absolute Gasteiger partial charge is 0.478 e. The Morgan fingerprint density at radius 3 is 2.67 bits per heavy atom. The summed E-state index contributed by atoms with van der Waals surface area (Å²) in [4.78, 5) is 16.5. The van der Waals surface area contributed by atoms with E-state index in [1.165, 1.54) is 0 Å². The molecular weight excluding hydrogens is 406 g/mol. The molecule has 0 bridgehead atoms. The van der Waals surface area contributed by atoms with E-state index in [1.54, 1.807) is 18.3 Å². The van der Waals surface area contributed by atoms with Crippen LogP contribution in [0.25, 0.3) is 27.8 Å². The van der Waals surface area contributed by atoms with Gasteiger partial charge in [-0.15, -0.1) is 0 Å². The van der Waals surface area contributed by atoms with E-state index in [9.17, 15) is 9.90 Å². The lowest BCUT2D eigenvalue weighted by molar-refractivity contribution is 0.0699. The van der Waals surface area contributed by atoms with Crippen LogP contribution >= 0.6 is 15.9 Å². The molecule has 6 heteroatoms. The number of pyridine rings is 1. The minimum Gasteiger partial charge on any atom is -0.478 e. The number of aromatic nitrogens is 3. The summed E-state index contributed by atoms with van der Waals surface area (Å²) in [6, 6.07) is 15.1. The zero-order valence-corrected chi connectivity index (χ0v) is 16.4. The number of carboxylic acids is 1. The Morgan fingerprint density at radius 1 is 1.11 bits per heavy atom. The Morgan fingerprint density at radius 2 is 1.93 bits per heavy atom. The minimum absolute atomic E-state index is 0.221. The van der Waals surface area contributed by atoms with Crippen molar-refractivity contribution in [1.29, 1.82) is 0 Å². The number of halogens is 1. The SMILES string of the molecule is Cc1cccc(-n2ncc(-c3cc(C(=O)O)c4cc(Br)ccc4n3)c2C)c1. The molecule has 0 spiro atoms. The van der Waals surface area contributed by atoms with Crippen molar-refractivity contribution in [1.82, 2.24) is 14.8 Å². The molecule has 2 aromatic heterocycles. The van der Waals surface area contributed by atoms with Crippen molar-refractivity contribution < 1.29 is 9.90 Å². The van der Waals surface area contributed by atoms with Crippen LogP contribution in [0.4, 0.5) is 0 Å². The van der Waals surface area contributed by atoms with Gasteiger partial charge in [0.1, 0.15) is 0 Å². The van der Waals surface area contributed by atoms with E-state index >= 15 is 0 Å². The zero-order chi connectivity index (χ0) is 19.1. The molecule has 0 aliphatic carbocycles. The number of fused-ring (bicyclic) bond motifs is 1. The van der Waals surface area contributed by atoms with Gasteiger partial charge in [0, 0.05) is 15.4 Å². The number of aryl methyl sites for hydroxylation is 1. The number of hydrogen-bond donors (Lipinski definition) is 1. The maximum absolute atomic E-state index is 11.8. The lowest BCUT2D eigenvalue weighted by atomic mass is 10.0. The lowest BCUT2D eigenvalue weighted by Gasteiger charge is -2.09. The fraction of sp³-hybridized carbons (Fsp3) is 0.0952. The highest BCUT2D eigenvalue weighted by Gasteiger charge is 2.17. The predicted molar refractivity (Wildman–Crippen MR) is 108 cm³/mol. The maximum Gasteiger partial charge on any atom is 0.336 e. The number of carboxylic acid groups (broad SMARTS) is 1. The van der Waals surface area contributed by atoms with Crippen molar-refractivity contribution in [2.24, 2.45) is 0 Å². The van der Waals surface area contributed by atoms with E-state index < -0.39 is 5.97 Å². The molecule has 27 heavy (non-hydrogen) atoms. The highest BCUT2D eigenvalue weighted by atomic mass is 79.9. The summed E-state index contributed by atoms with van der Waals surface area (Å²) in [5.41, 5.74) is 5.27. The van der Waals surface area contributed by atoms with Crippen molar-refractivity contribution in [3.05, 3.63) is 76.0 Å². The van der Waals surface area contributed by atoms with E-state index in [4.69, 9.17) is 0 Å². The number of carbonyl (C=O) groups is 1. The molecule has 0 saturated heterocycles. The Bertz CT molecular complexity index is 1200. The van der Waals surface area contributed by atoms with Gasteiger partial charge in [0.2, 0.25) is 0 Å². The van der Waals surface area contributed by atoms with Crippen molar-refractivity contribution in [2.45, 2.75) is 13.8 Å². The van der Waals surface area contributed by atoms with Crippen molar-refractivity contribution in [3.63, 3.8) is 0 Å². The van der Waals surface area contributed by atoms with Gasteiger partial charge in [0.05, 0.1) is 34.4 Å². The van der Waals surface area contributed by atoms with Crippen LogP contribution in [0.1, 0.15) is 21.6 Å². The molecule has 134 valence electrons. The van der Waals surface area contributed by atoms with E-state index in [2.05, 4.69) is 32.1 Å². The van der Waals surface area contributed by atoms with Crippen LogP contribution in [-0.4, -0.2) is 25.8 Å². The smallest absolute Gasteiger partial charge is 0.336 e. The van der Waals surface area contributed by atoms with Crippen LogP contribution in [0.2, 0.25) is 0 Å². The second-order valence-electron chi connectivity index (χ2n) is 6.42. The fourth-order valence-electron chi connectivity index (χ4n) is 3.19. The number of rotatable bonds is 3. The third-order valence-electron chi connectivity index (χ3n) is 4.53. The Labute approximate surface area is 164 Å². The summed E-state index contributed by atoms with van der Waals surface area (Å²) in [5, 5.41) is 14.8. The highest BCUT2D eigenvalue weighted by Crippen LogP contribution is 2.29. The minimum atomic E-state index is -0.981. The van der Waals surface area contributed by atoms with Crippen molar-refractivity contribution in [3.8, 4) is 16.9 Å². The van der Waals surface area contributed by atoms with Crippen LogP contribution in [0.5, 0.6) is 0 Å². The number of aromatic carboxylic acids is 1. The van der Waals surface area contributed by atoms with Gasteiger partial charge in [-0.05, 0) is 55.8 Å². The van der Waals surface area contributed by atoms with Gasteiger partial charge in [-0.1, -0.05) is 28.1 Å². The quantitative estimate of drug-likeness (QED) is 0.495. The number of nitrogens with zero attached hydrogens (tertiary/aromatic N) is 3. The maximum atomic E-state index is 11.8.